The summed E-state index contributed by atoms with van der Waals surface area (Å²) in [4.78, 5) is 31.3. The Hall–Kier alpha value is -2.02. The van der Waals surface area contributed by atoms with Gasteiger partial charge in [0.2, 0.25) is 0 Å². The summed E-state index contributed by atoms with van der Waals surface area (Å²) in [6.07, 6.45) is 8.44. The average molecular weight is 359 g/mol. The van der Waals surface area contributed by atoms with Gasteiger partial charge < -0.3 is 10.0 Å². The topological polar surface area (TPSA) is 74.9 Å². The van der Waals surface area contributed by atoms with Crippen LogP contribution in [0, 0.1) is 5.92 Å². The van der Waals surface area contributed by atoms with Crippen LogP contribution in [0.3, 0.4) is 0 Å². The molecule has 4 rings (SSSR count). The molecule has 6 nitrogen and oxygen atoms in total. The number of carbonyl (C=O) groups is 2. The zero-order valence-electron chi connectivity index (χ0n) is 14.1. The minimum Gasteiger partial charge on any atom is -0.480 e. The lowest BCUT2D eigenvalue weighted by molar-refractivity contribution is -0.141. The number of amides is 1. The highest BCUT2D eigenvalue weighted by atomic mass is 32.2. The number of imidazole rings is 1. The van der Waals surface area contributed by atoms with E-state index in [1.165, 1.54) is 11.8 Å². The highest BCUT2D eigenvalue weighted by molar-refractivity contribution is 7.98. The number of nitrogens with zero attached hydrogens (tertiary/aromatic N) is 3. The molecule has 2 fully saturated rings. The van der Waals surface area contributed by atoms with Crippen molar-refractivity contribution in [1.29, 1.82) is 0 Å². The molecule has 25 heavy (non-hydrogen) atoms. The van der Waals surface area contributed by atoms with Gasteiger partial charge in [0, 0.05) is 12.2 Å². The predicted molar refractivity (Wildman–Crippen MR) is 94.9 cm³/mol. The fraction of sp³-hybridized carbons (Fsp3) is 0.500. The van der Waals surface area contributed by atoms with Gasteiger partial charge in [0.15, 0.2) is 10.9 Å². The van der Waals surface area contributed by atoms with Gasteiger partial charge in [0.1, 0.15) is 6.04 Å². The lowest BCUT2D eigenvalue weighted by atomic mass is 9.84. The van der Waals surface area contributed by atoms with Crippen molar-refractivity contribution in [2.45, 2.75) is 49.3 Å². The first-order chi connectivity index (χ1) is 12.1. The molecule has 1 saturated heterocycles. The molecule has 1 amide bonds. The maximum absolute atomic E-state index is 13.3. The van der Waals surface area contributed by atoms with Gasteiger partial charge in [-0.3, -0.25) is 9.20 Å². The molecule has 0 bridgehead atoms. The molecule has 7 heteroatoms. The Kier molecular flexibility index (Phi) is 4.19. The number of carboxylic acids is 1. The Labute approximate surface area is 150 Å². The van der Waals surface area contributed by atoms with E-state index in [4.69, 9.17) is 0 Å². The van der Waals surface area contributed by atoms with Gasteiger partial charge in [-0.25, -0.2) is 9.78 Å². The van der Waals surface area contributed by atoms with E-state index < -0.39 is 12.0 Å². The van der Waals surface area contributed by atoms with Crippen molar-refractivity contribution in [3.05, 3.63) is 30.1 Å². The largest absolute Gasteiger partial charge is 0.480 e. The minimum absolute atomic E-state index is 0.0283. The van der Waals surface area contributed by atoms with E-state index in [2.05, 4.69) is 4.98 Å². The molecule has 2 aromatic heterocycles. The summed E-state index contributed by atoms with van der Waals surface area (Å²) in [6, 6.07) is 4.93. The highest BCUT2D eigenvalue weighted by Gasteiger charge is 2.48. The van der Waals surface area contributed by atoms with Gasteiger partial charge >= 0.3 is 5.97 Å². The number of hydrogen-bond donors (Lipinski definition) is 1. The van der Waals surface area contributed by atoms with E-state index in [-0.39, 0.29) is 11.9 Å². The van der Waals surface area contributed by atoms with E-state index >= 15 is 0 Å². The molecule has 2 aliphatic rings. The quantitative estimate of drug-likeness (QED) is 0.853. The van der Waals surface area contributed by atoms with Crippen molar-refractivity contribution in [3.8, 4) is 0 Å². The van der Waals surface area contributed by atoms with Crippen LogP contribution in [0.25, 0.3) is 5.52 Å². The second kappa shape index (κ2) is 6.37. The molecule has 1 N–H and O–H groups in total. The normalized spacial score (nSPS) is 26.0. The van der Waals surface area contributed by atoms with E-state index in [1.807, 2.05) is 35.1 Å². The van der Waals surface area contributed by atoms with Gasteiger partial charge in [-0.2, -0.15) is 0 Å². The molecule has 1 aliphatic heterocycles. The molecule has 3 unspecified atom stereocenters. The third-order valence-electron chi connectivity index (χ3n) is 5.51. The molecule has 0 radical (unpaired) electrons. The summed E-state index contributed by atoms with van der Waals surface area (Å²) in [5, 5.41) is 10.4. The van der Waals surface area contributed by atoms with Crippen LogP contribution in [-0.2, 0) is 4.79 Å². The minimum atomic E-state index is -0.906. The van der Waals surface area contributed by atoms with Crippen molar-refractivity contribution in [2.75, 3.05) is 6.26 Å². The lowest BCUT2D eigenvalue weighted by Gasteiger charge is -2.32. The van der Waals surface area contributed by atoms with Crippen LogP contribution in [0.4, 0.5) is 0 Å². The number of thioether (sulfide) groups is 1. The Morgan fingerprint density at radius 2 is 2.08 bits per heavy atom. The zero-order chi connectivity index (χ0) is 17.6. The SMILES string of the molecule is CSc1nc(C(=O)N2C(C(=O)O)CC3CCCCC32)c2ccccn12. The van der Waals surface area contributed by atoms with Crippen LogP contribution in [0.5, 0.6) is 0 Å². The van der Waals surface area contributed by atoms with Crippen molar-refractivity contribution in [3.63, 3.8) is 0 Å². The summed E-state index contributed by atoms with van der Waals surface area (Å²) in [7, 11) is 0. The Bertz CT molecular complexity index is 834. The summed E-state index contributed by atoms with van der Waals surface area (Å²) in [5.74, 6) is -0.852. The number of fused-ring (bicyclic) bond motifs is 2. The molecule has 3 atom stereocenters. The Morgan fingerprint density at radius 1 is 1.28 bits per heavy atom. The van der Waals surface area contributed by atoms with Crippen molar-refractivity contribution in [1.82, 2.24) is 14.3 Å². The number of carbonyl (C=O) groups excluding carboxylic acids is 1. The first-order valence-corrected chi connectivity index (χ1v) is 9.91. The number of hydrogen-bond acceptors (Lipinski definition) is 4. The average Bonchev–Trinajstić information content (AvgIpc) is 3.20. The first kappa shape index (κ1) is 16.4. The van der Waals surface area contributed by atoms with Crippen LogP contribution >= 0.6 is 11.8 Å². The number of aliphatic carboxylic acids is 1. The molecule has 0 spiro atoms. The molecule has 132 valence electrons. The van der Waals surface area contributed by atoms with E-state index in [0.717, 1.165) is 36.4 Å². The number of rotatable bonds is 3. The molecule has 3 heterocycles. The van der Waals surface area contributed by atoms with Gasteiger partial charge in [0.05, 0.1) is 5.52 Å². The number of carboxylic acid groups (broad SMARTS) is 1. The monoisotopic (exact) mass is 359 g/mol. The van der Waals surface area contributed by atoms with Crippen LogP contribution in [0.1, 0.15) is 42.6 Å². The first-order valence-electron chi connectivity index (χ1n) is 8.68. The maximum atomic E-state index is 13.3. The van der Waals surface area contributed by atoms with Gasteiger partial charge in [0.25, 0.3) is 5.91 Å². The number of likely N-dealkylation sites (tertiary alicyclic amines) is 1. The fourth-order valence-electron chi connectivity index (χ4n) is 4.41. The van der Waals surface area contributed by atoms with Crippen LogP contribution in [0.2, 0.25) is 0 Å². The van der Waals surface area contributed by atoms with Gasteiger partial charge in [-0.15, -0.1) is 0 Å². The van der Waals surface area contributed by atoms with Gasteiger partial charge in [-0.1, -0.05) is 30.7 Å². The molecule has 2 aromatic rings. The van der Waals surface area contributed by atoms with Crippen LogP contribution in [-0.4, -0.2) is 49.6 Å². The number of pyridine rings is 1. The molecule has 1 aliphatic carbocycles. The molecular weight excluding hydrogens is 338 g/mol. The lowest BCUT2D eigenvalue weighted by Crippen LogP contribution is -2.46. The standard InChI is InChI=1S/C18H21N3O3S/c1-25-18-19-15(13-8-4-5-9-20(13)18)16(22)21-12-7-3-2-6-11(12)10-14(21)17(23)24/h4-5,8-9,11-12,14H,2-3,6-7,10H2,1H3,(H,23,24). The molecule has 1 saturated carbocycles. The second-order valence-electron chi connectivity index (χ2n) is 6.82. The second-order valence-corrected chi connectivity index (χ2v) is 7.59. The summed E-state index contributed by atoms with van der Waals surface area (Å²) in [6.45, 7) is 0. The highest BCUT2D eigenvalue weighted by Crippen LogP contribution is 2.41. The Morgan fingerprint density at radius 3 is 2.84 bits per heavy atom. The summed E-state index contributed by atoms with van der Waals surface area (Å²) in [5.41, 5.74) is 1.10. The molecular formula is C18H21N3O3S. The number of aromatic nitrogens is 2. The summed E-state index contributed by atoms with van der Waals surface area (Å²) >= 11 is 1.47. The van der Waals surface area contributed by atoms with Crippen molar-refractivity contribution >= 4 is 29.2 Å². The third kappa shape index (κ3) is 2.61. The van der Waals surface area contributed by atoms with Crippen LogP contribution in [0.15, 0.2) is 29.6 Å². The van der Waals surface area contributed by atoms with E-state index in [0.29, 0.717) is 18.0 Å². The van der Waals surface area contributed by atoms with E-state index in [9.17, 15) is 14.7 Å². The van der Waals surface area contributed by atoms with Crippen LogP contribution < -0.4 is 0 Å². The third-order valence-corrected chi connectivity index (χ3v) is 6.16. The molecule has 0 aromatic carbocycles. The maximum Gasteiger partial charge on any atom is 0.326 e. The van der Waals surface area contributed by atoms with E-state index in [1.54, 1.807) is 4.90 Å². The van der Waals surface area contributed by atoms with Crippen molar-refractivity contribution < 1.29 is 14.7 Å². The fourth-order valence-corrected chi connectivity index (χ4v) is 4.94. The Balaban J connectivity index is 1.77. The zero-order valence-corrected chi connectivity index (χ0v) is 14.9. The van der Waals surface area contributed by atoms with Gasteiger partial charge in [-0.05, 0) is 43.6 Å². The van der Waals surface area contributed by atoms with Crippen molar-refractivity contribution in [2.24, 2.45) is 5.92 Å². The summed E-state index contributed by atoms with van der Waals surface area (Å²) < 4.78 is 1.89. The smallest absolute Gasteiger partial charge is 0.326 e. The predicted octanol–water partition coefficient (Wildman–Crippen LogP) is 2.91.